The van der Waals surface area contributed by atoms with E-state index in [1.165, 1.54) is 28.6 Å². The largest absolute Gasteiger partial charge is 0.324 e. The van der Waals surface area contributed by atoms with Crippen molar-refractivity contribution in [2.75, 3.05) is 25.0 Å². The molecule has 8 heteroatoms. The molecule has 0 aromatic heterocycles. The molecule has 0 saturated heterocycles. The number of hydrogen-bond donors (Lipinski definition) is 1. The fraction of sp³-hybridized carbons (Fsp3) is 0.259. The summed E-state index contributed by atoms with van der Waals surface area (Å²) in [7, 11) is -3.64. The molecule has 2 amide bonds. The zero-order valence-corrected chi connectivity index (χ0v) is 20.9. The molecule has 3 aromatic rings. The van der Waals surface area contributed by atoms with E-state index >= 15 is 0 Å². The van der Waals surface area contributed by atoms with E-state index in [2.05, 4.69) is 5.32 Å². The van der Waals surface area contributed by atoms with E-state index in [9.17, 15) is 18.0 Å². The van der Waals surface area contributed by atoms with Gasteiger partial charge in [0.15, 0.2) is 0 Å². The highest BCUT2D eigenvalue weighted by atomic mass is 32.2. The highest BCUT2D eigenvalue weighted by molar-refractivity contribution is 7.89. The smallest absolute Gasteiger partial charge is 0.255 e. The minimum Gasteiger partial charge on any atom is -0.324 e. The molecule has 3 aromatic carbocycles. The van der Waals surface area contributed by atoms with Crippen molar-refractivity contribution in [1.29, 1.82) is 0 Å². The Morgan fingerprint density at radius 3 is 2.29 bits per heavy atom. The summed E-state index contributed by atoms with van der Waals surface area (Å²) in [5.41, 5.74) is 3.71. The molecule has 0 bridgehead atoms. The van der Waals surface area contributed by atoms with Crippen LogP contribution in [0.2, 0.25) is 0 Å². The maximum atomic E-state index is 13.8. The molecule has 1 heterocycles. The molecule has 0 unspecified atom stereocenters. The van der Waals surface area contributed by atoms with Gasteiger partial charge in [-0.1, -0.05) is 61.9 Å². The Balaban J connectivity index is 1.77. The molecule has 0 fully saturated rings. The van der Waals surface area contributed by atoms with Crippen LogP contribution in [0.4, 0.5) is 5.69 Å². The topological polar surface area (TPSA) is 86.8 Å². The first-order valence-corrected chi connectivity index (χ1v) is 13.1. The van der Waals surface area contributed by atoms with Gasteiger partial charge in [0.25, 0.3) is 5.91 Å². The van der Waals surface area contributed by atoms with Crippen molar-refractivity contribution in [2.24, 2.45) is 0 Å². The Hall–Kier alpha value is -3.49. The number of benzene rings is 3. The van der Waals surface area contributed by atoms with Crippen molar-refractivity contribution >= 4 is 27.5 Å². The number of sulfonamides is 1. The van der Waals surface area contributed by atoms with Crippen molar-refractivity contribution in [2.45, 2.75) is 31.7 Å². The summed E-state index contributed by atoms with van der Waals surface area (Å²) in [6, 6.07) is 20.8. The lowest BCUT2D eigenvalue weighted by Gasteiger charge is -2.31. The predicted octanol–water partition coefficient (Wildman–Crippen LogP) is 4.21. The zero-order chi connectivity index (χ0) is 25.2. The van der Waals surface area contributed by atoms with Crippen molar-refractivity contribution in [1.82, 2.24) is 9.21 Å². The van der Waals surface area contributed by atoms with Crippen molar-refractivity contribution < 1.29 is 18.0 Å². The van der Waals surface area contributed by atoms with E-state index in [4.69, 9.17) is 0 Å². The van der Waals surface area contributed by atoms with Crippen molar-refractivity contribution in [3.63, 3.8) is 0 Å². The van der Waals surface area contributed by atoms with Gasteiger partial charge in [-0.3, -0.25) is 9.59 Å². The van der Waals surface area contributed by atoms with E-state index < -0.39 is 16.1 Å². The van der Waals surface area contributed by atoms with Crippen LogP contribution in [-0.2, 0) is 14.8 Å². The highest BCUT2D eigenvalue weighted by Crippen LogP contribution is 2.37. The molecule has 4 rings (SSSR count). The van der Waals surface area contributed by atoms with Crippen LogP contribution in [0, 0.1) is 6.92 Å². The lowest BCUT2D eigenvalue weighted by Crippen LogP contribution is -2.39. The van der Waals surface area contributed by atoms with Crippen LogP contribution in [-0.4, -0.2) is 49.1 Å². The minimum absolute atomic E-state index is 0.131. The van der Waals surface area contributed by atoms with Gasteiger partial charge in [-0.2, -0.15) is 4.31 Å². The van der Waals surface area contributed by atoms with Gasteiger partial charge in [0.05, 0.1) is 10.9 Å². The number of nitrogens with one attached hydrogen (secondary N) is 1. The summed E-state index contributed by atoms with van der Waals surface area (Å²) >= 11 is 0. The third-order valence-electron chi connectivity index (χ3n) is 6.22. The maximum absolute atomic E-state index is 13.8. The molecule has 1 aliphatic heterocycles. The molecular weight excluding hydrogens is 462 g/mol. The van der Waals surface area contributed by atoms with Gasteiger partial charge in [0.1, 0.15) is 6.54 Å². The van der Waals surface area contributed by atoms with Gasteiger partial charge >= 0.3 is 0 Å². The molecule has 0 spiro atoms. The first-order valence-electron chi connectivity index (χ1n) is 11.6. The van der Waals surface area contributed by atoms with E-state index in [0.29, 0.717) is 24.3 Å². The Kier molecular flexibility index (Phi) is 7.05. The van der Waals surface area contributed by atoms with Gasteiger partial charge in [0, 0.05) is 29.9 Å². The first-order chi connectivity index (χ1) is 16.8. The second-order valence-electron chi connectivity index (χ2n) is 8.50. The molecule has 1 atom stereocenters. The summed E-state index contributed by atoms with van der Waals surface area (Å²) in [4.78, 5) is 28.2. The van der Waals surface area contributed by atoms with Gasteiger partial charge < -0.3 is 10.2 Å². The fourth-order valence-corrected chi connectivity index (χ4v) is 5.92. The van der Waals surface area contributed by atoms with Crippen LogP contribution in [0.5, 0.6) is 0 Å². The Morgan fingerprint density at radius 2 is 1.66 bits per heavy atom. The highest BCUT2D eigenvalue weighted by Gasteiger charge is 2.34. The zero-order valence-electron chi connectivity index (χ0n) is 20.1. The number of hydrogen-bond acceptors (Lipinski definition) is 4. The lowest BCUT2D eigenvalue weighted by molar-refractivity contribution is -0.117. The van der Waals surface area contributed by atoms with Crippen LogP contribution in [0.25, 0.3) is 0 Å². The van der Waals surface area contributed by atoms with E-state index in [1.807, 2.05) is 55.5 Å². The molecule has 0 aliphatic carbocycles. The number of rotatable bonds is 6. The number of amides is 2. The van der Waals surface area contributed by atoms with E-state index in [-0.39, 0.29) is 23.3 Å². The third kappa shape index (κ3) is 4.85. The van der Waals surface area contributed by atoms with Crippen molar-refractivity contribution in [3.8, 4) is 0 Å². The molecule has 182 valence electrons. The van der Waals surface area contributed by atoms with Gasteiger partial charge in [-0.05, 0) is 42.8 Å². The number of carbonyl (C=O) groups is 2. The molecular formula is C27H29N3O4S. The molecule has 1 N–H and O–H groups in total. The standard InChI is InChI=1S/C27H29N3O4S/c1-4-29(5-2)35(33,34)22-14-12-21(13-15-22)27(32)30-18-25(31)28-24-16-11-19(3)17-23(24)26(30)20-9-7-6-8-10-20/h6-17,26H,4-5,18H2,1-3H3,(H,28,31)/t26-/m0/s1. The summed E-state index contributed by atoms with van der Waals surface area (Å²) in [6.07, 6.45) is 0. The molecule has 35 heavy (non-hydrogen) atoms. The second-order valence-corrected chi connectivity index (χ2v) is 10.4. The van der Waals surface area contributed by atoms with Crippen LogP contribution >= 0.6 is 0 Å². The Morgan fingerprint density at radius 1 is 1.00 bits per heavy atom. The van der Waals surface area contributed by atoms with Crippen molar-refractivity contribution in [3.05, 3.63) is 95.1 Å². The van der Waals surface area contributed by atoms with Gasteiger partial charge in [0.2, 0.25) is 15.9 Å². The van der Waals surface area contributed by atoms with Crippen LogP contribution in [0.1, 0.15) is 46.9 Å². The number of carbonyl (C=O) groups excluding carboxylic acids is 2. The second kappa shape index (κ2) is 10.0. The molecule has 1 aliphatic rings. The molecule has 7 nitrogen and oxygen atoms in total. The fourth-order valence-electron chi connectivity index (χ4n) is 4.46. The lowest BCUT2D eigenvalue weighted by atomic mass is 9.94. The average Bonchev–Trinajstić information content (AvgIpc) is 3.00. The number of anilines is 1. The number of fused-ring (bicyclic) bond motifs is 1. The molecule has 0 radical (unpaired) electrons. The van der Waals surface area contributed by atoms with Crippen LogP contribution in [0.15, 0.2) is 77.7 Å². The first kappa shape index (κ1) is 24.6. The average molecular weight is 492 g/mol. The Bertz CT molecular complexity index is 1330. The van der Waals surface area contributed by atoms with E-state index in [1.54, 1.807) is 18.7 Å². The Labute approximate surface area is 206 Å². The van der Waals surface area contributed by atoms with Crippen LogP contribution in [0.3, 0.4) is 0 Å². The van der Waals surface area contributed by atoms with Gasteiger partial charge in [-0.25, -0.2) is 8.42 Å². The third-order valence-corrected chi connectivity index (χ3v) is 8.29. The predicted molar refractivity (Wildman–Crippen MR) is 136 cm³/mol. The summed E-state index contributed by atoms with van der Waals surface area (Å²) in [5, 5.41) is 2.92. The summed E-state index contributed by atoms with van der Waals surface area (Å²) < 4.78 is 27.1. The molecule has 0 saturated carbocycles. The number of nitrogens with zero attached hydrogens (tertiary/aromatic N) is 2. The maximum Gasteiger partial charge on any atom is 0.255 e. The van der Waals surface area contributed by atoms with Crippen LogP contribution < -0.4 is 5.32 Å². The normalized spacial score (nSPS) is 15.9. The summed E-state index contributed by atoms with van der Waals surface area (Å²) in [5.74, 6) is -0.641. The SMILES string of the molecule is CCN(CC)S(=O)(=O)c1ccc(C(=O)N2CC(=O)Nc3ccc(C)cc3[C@@H]2c2ccccc2)cc1. The minimum atomic E-state index is -3.64. The quantitative estimate of drug-likeness (QED) is 0.560. The van der Waals surface area contributed by atoms with Gasteiger partial charge in [-0.15, -0.1) is 0 Å². The summed E-state index contributed by atoms with van der Waals surface area (Å²) in [6.45, 7) is 6.13. The van der Waals surface area contributed by atoms with E-state index in [0.717, 1.165) is 16.7 Å². The number of aryl methyl sites for hydroxylation is 1. The monoisotopic (exact) mass is 491 g/mol.